The lowest BCUT2D eigenvalue weighted by Gasteiger charge is -2.12. The monoisotopic (exact) mass is 270 g/mol. The molecule has 0 aliphatic heterocycles. The molecule has 0 aliphatic carbocycles. The maximum Gasteiger partial charge on any atom is 0.326 e. The van der Waals surface area contributed by atoms with Crippen LogP contribution < -0.4 is 10.6 Å². The van der Waals surface area contributed by atoms with E-state index in [0.717, 1.165) is 0 Å². The molecule has 9 nitrogen and oxygen atoms in total. The molecule has 104 valence electrons. The fraction of sp³-hybridized carbons (Fsp3) is 0.400. The van der Waals surface area contributed by atoms with Gasteiger partial charge in [-0.25, -0.2) is 14.6 Å². The highest BCUT2D eigenvalue weighted by atomic mass is 16.4. The van der Waals surface area contributed by atoms with Gasteiger partial charge in [-0.05, 0) is 0 Å². The standard InChI is InChI=1S/C10H14N4O5/c15-8(16)5-6(9(17)18)14-10(19)13-2-1-7-11-3-4-12-7/h3-4,6H,1-2,5H2,(H,11,12)(H,15,16)(H,17,18)(H2,13,14,19). The minimum atomic E-state index is -1.46. The summed E-state index contributed by atoms with van der Waals surface area (Å²) in [7, 11) is 0. The van der Waals surface area contributed by atoms with Crippen molar-refractivity contribution in [3.05, 3.63) is 18.2 Å². The summed E-state index contributed by atoms with van der Waals surface area (Å²) in [5.41, 5.74) is 0. The Bertz CT molecular complexity index is 445. The minimum absolute atomic E-state index is 0.249. The van der Waals surface area contributed by atoms with E-state index in [9.17, 15) is 14.4 Å². The molecule has 0 saturated carbocycles. The topological polar surface area (TPSA) is 144 Å². The van der Waals surface area contributed by atoms with Crippen LogP contribution in [0, 0.1) is 0 Å². The number of carbonyl (C=O) groups is 3. The van der Waals surface area contributed by atoms with Crippen LogP contribution in [0.15, 0.2) is 12.4 Å². The Hall–Kier alpha value is -2.58. The highest BCUT2D eigenvalue weighted by Crippen LogP contribution is 1.93. The Morgan fingerprint density at radius 3 is 2.63 bits per heavy atom. The Morgan fingerprint density at radius 2 is 2.11 bits per heavy atom. The number of carboxylic acids is 2. The highest BCUT2D eigenvalue weighted by molar-refractivity contribution is 5.86. The van der Waals surface area contributed by atoms with E-state index in [1.807, 2.05) is 0 Å². The summed E-state index contributed by atoms with van der Waals surface area (Å²) >= 11 is 0. The van der Waals surface area contributed by atoms with Crippen molar-refractivity contribution in [2.45, 2.75) is 18.9 Å². The van der Waals surface area contributed by atoms with E-state index in [1.165, 1.54) is 0 Å². The molecule has 0 bridgehead atoms. The molecule has 0 radical (unpaired) electrons. The van der Waals surface area contributed by atoms with Crippen LogP contribution in [0.1, 0.15) is 12.2 Å². The summed E-state index contributed by atoms with van der Waals surface area (Å²) in [5, 5.41) is 21.7. The number of hydrogen-bond donors (Lipinski definition) is 5. The molecule has 0 aromatic carbocycles. The molecule has 1 atom stereocenters. The molecule has 0 saturated heterocycles. The van der Waals surface area contributed by atoms with Crippen LogP contribution in [0.4, 0.5) is 4.79 Å². The lowest BCUT2D eigenvalue weighted by Crippen LogP contribution is -2.47. The number of aromatic amines is 1. The van der Waals surface area contributed by atoms with E-state index in [2.05, 4.69) is 20.6 Å². The zero-order valence-electron chi connectivity index (χ0n) is 9.92. The number of carboxylic acid groups (broad SMARTS) is 2. The van der Waals surface area contributed by atoms with Crippen LogP contribution in [0.5, 0.6) is 0 Å². The average Bonchev–Trinajstić information content (AvgIpc) is 2.80. The first-order valence-electron chi connectivity index (χ1n) is 5.46. The summed E-state index contributed by atoms with van der Waals surface area (Å²) in [6.07, 6.45) is 2.99. The number of imidazole rings is 1. The van der Waals surface area contributed by atoms with Gasteiger partial charge in [0.1, 0.15) is 11.9 Å². The maximum absolute atomic E-state index is 11.4. The van der Waals surface area contributed by atoms with Gasteiger partial charge in [-0.2, -0.15) is 0 Å². The normalized spacial score (nSPS) is 11.6. The molecule has 1 aromatic heterocycles. The van der Waals surface area contributed by atoms with Crippen LogP contribution in [-0.4, -0.2) is 50.7 Å². The predicted molar refractivity (Wildman–Crippen MR) is 62.5 cm³/mol. The molecule has 1 unspecified atom stereocenters. The molecule has 9 heteroatoms. The number of H-pyrrole nitrogens is 1. The number of rotatable bonds is 7. The molecule has 0 fully saturated rings. The number of hydrogen-bond acceptors (Lipinski definition) is 4. The third-order valence-electron chi connectivity index (χ3n) is 2.18. The number of nitrogens with one attached hydrogen (secondary N) is 3. The summed E-state index contributed by atoms with van der Waals surface area (Å²) in [4.78, 5) is 39.3. The summed E-state index contributed by atoms with van der Waals surface area (Å²) < 4.78 is 0. The van der Waals surface area contributed by atoms with Crippen molar-refractivity contribution >= 4 is 18.0 Å². The summed E-state index contributed by atoms with van der Waals surface area (Å²) in [5.74, 6) is -2.02. The maximum atomic E-state index is 11.4. The SMILES string of the molecule is O=C(O)CC(NC(=O)NCCc1ncc[nH]1)C(=O)O. The third-order valence-corrected chi connectivity index (χ3v) is 2.18. The van der Waals surface area contributed by atoms with Crippen LogP contribution in [-0.2, 0) is 16.0 Å². The largest absolute Gasteiger partial charge is 0.481 e. The second kappa shape index (κ2) is 6.99. The quantitative estimate of drug-likeness (QED) is 0.437. The first kappa shape index (κ1) is 14.5. The molecule has 2 amide bonds. The van der Waals surface area contributed by atoms with Gasteiger partial charge in [0.2, 0.25) is 0 Å². The molecular formula is C10H14N4O5. The predicted octanol–water partition coefficient (Wildman–Crippen LogP) is -0.821. The van der Waals surface area contributed by atoms with Crippen LogP contribution in [0.3, 0.4) is 0 Å². The zero-order chi connectivity index (χ0) is 14.3. The first-order valence-corrected chi connectivity index (χ1v) is 5.46. The first-order chi connectivity index (χ1) is 8.99. The average molecular weight is 270 g/mol. The van der Waals surface area contributed by atoms with Crippen LogP contribution in [0.25, 0.3) is 0 Å². The second-order valence-corrected chi connectivity index (χ2v) is 3.67. The number of amides is 2. The van der Waals surface area contributed by atoms with Gasteiger partial charge in [-0.1, -0.05) is 0 Å². The van der Waals surface area contributed by atoms with Gasteiger partial charge in [0.15, 0.2) is 0 Å². The Balaban J connectivity index is 2.32. The van der Waals surface area contributed by atoms with Gasteiger partial charge in [0.25, 0.3) is 0 Å². The molecule has 0 spiro atoms. The van der Waals surface area contributed by atoms with Gasteiger partial charge >= 0.3 is 18.0 Å². The van der Waals surface area contributed by atoms with E-state index in [1.54, 1.807) is 12.4 Å². The Labute approximate surface area is 108 Å². The van der Waals surface area contributed by atoms with Crippen molar-refractivity contribution in [2.75, 3.05) is 6.54 Å². The van der Waals surface area contributed by atoms with Crippen molar-refractivity contribution in [3.63, 3.8) is 0 Å². The van der Waals surface area contributed by atoms with Crippen LogP contribution >= 0.6 is 0 Å². The Kier molecular flexibility index (Phi) is 5.33. The summed E-state index contributed by atoms with van der Waals surface area (Å²) in [6, 6.07) is -2.19. The lowest BCUT2D eigenvalue weighted by atomic mass is 10.2. The van der Waals surface area contributed by atoms with E-state index in [0.29, 0.717) is 12.2 Å². The zero-order valence-corrected chi connectivity index (χ0v) is 9.92. The van der Waals surface area contributed by atoms with Gasteiger partial charge in [-0.15, -0.1) is 0 Å². The number of urea groups is 1. The fourth-order valence-electron chi connectivity index (χ4n) is 1.31. The lowest BCUT2D eigenvalue weighted by molar-refractivity contribution is -0.145. The van der Waals surface area contributed by atoms with E-state index >= 15 is 0 Å². The van der Waals surface area contributed by atoms with Gasteiger partial charge in [-0.3, -0.25) is 4.79 Å². The second-order valence-electron chi connectivity index (χ2n) is 3.67. The van der Waals surface area contributed by atoms with Crippen molar-refractivity contribution in [3.8, 4) is 0 Å². The Morgan fingerprint density at radius 1 is 1.37 bits per heavy atom. The van der Waals surface area contributed by atoms with Gasteiger partial charge < -0.3 is 25.8 Å². The molecule has 1 aromatic rings. The minimum Gasteiger partial charge on any atom is -0.481 e. The molecule has 19 heavy (non-hydrogen) atoms. The summed E-state index contributed by atoms with van der Waals surface area (Å²) in [6.45, 7) is 0.249. The number of aromatic nitrogens is 2. The number of carbonyl (C=O) groups excluding carboxylic acids is 1. The van der Waals surface area contributed by atoms with Crippen molar-refractivity contribution < 1.29 is 24.6 Å². The fourth-order valence-corrected chi connectivity index (χ4v) is 1.31. The highest BCUT2D eigenvalue weighted by Gasteiger charge is 2.22. The number of aliphatic carboxylic acids is 2. The van der Waals surface area contributed by atoms with Crippen LogP contribution in [0.2, 0.25) is 0 Å². The van der Waals surface area contributed by atoms with Crippen molar-refractivity contribution in [1.29, 1.82) is 0 Å². The molecule has 1 rings (SSSR count). The van der Waals surface area contributed by atoms with Gasteiger partial charge in [0.05, 0.1) is 6.42 Å². The van der Waals surface area contributed by atoms with E-state index in [4.69, 9.17) is 10.2 Å². The molecular weight excluding hydrogens is 256 g/mol. The molecule has 5 N–H and O–H groups in total. The third kappa shape index (κ3) is 5.52. The molecule has 0 aliphatic rings. The van der Waals surface area contributed by atoms with E-state index < -0.39 is 30.4 Å². The van der Waals surface area contributed by atoms with Crippen molar-refractivity contribution in [2.24, 2.45) is 0 Å². The van der Waals surface area contributed by atoms with E-state index in [-0.39, 0.29) is 6.54 Å². The smallest absolute Gasteiger partial charge is 0.326 e. The number of nitrogens with zero attached hydrogens (tertiary/aromatic N) is 1. The molecule has 1 heterocycles. The van der Waals surface area contributed by atoms with Crippen molar-refractivity contribution in [1.82, 2.24) is 20.6 Å². The van der Waals surface area contributed by atoms with Gasteiger partial charge in [0, 0.05) is 25.4 Å².